The maximum absolute atomic E-state index is 10.8. The molecule has 0 radical (unpaired) electrons. The summed E-state index contributed by atoms with van der Waals surface area (Å²) in [7, 11) is 0. The lowest BCUT2D eigenvalue weighted by molar-refractivity contribution is -0.0744. The third kappa shape index (κ3) is 1.97. The second-order valence-electron chi connectivity index (χ2n) is 2.86. The summed E-state index contributed by atoms with van der Waals surface area (Å²) in [6.45, 7) is 0.284. The van der Waals surface area contributed by atoms with Crippen LogP contribution in [0, 0.1) is 0 Å². The van der Waals surface area contributed by atoms with Crippen molar-refractivity contribution in [3.8, 4) is 0 Å². The third-order valence-corrected chi connectivity index (χ3v) is 2.10. The van der Waals surface area contributed by atoms with Crippen LogP contribution in [0.2, 0.25) is 5.02 Å². The predicted molar refractivity (Wildman–Crippen MR) is 49.8 cm³/mol. The summed E-state index contributed by atoms with van der Waals surface area (Å²) in [6.07, 6.45) is -0.969. The highest BCUT2D eigenvalue weighted by atomic mass is 35.5. The molecule has 1 fully saturated rings. The Morgan fingerprint density at radius 1 is 1.50 bits per heavy atom. The number of hydrogen-bond acceptors (Lipinski definition) is 3. The molecule has 0 bridgehead atoms. The third-order valence-electron chi connectivity index (χ3n) is 1.86. The van der Waals surface area contributed by atoms with Gasteiger partial charge in [-0.05, 0) is 17.7 Å². The van der Waals surface area contributed by atoms with Crippen molar-refractivity contribution in [3.05, 3.63) is 34.9 Å². The van der Waals surface area contributed by atoms with Gasteiger partial charge < -0.3 is 4.74 Å². The maximum Gasteiger partial charge on any atom is 0.432 e. The summed E-state index contributed by atoms with van der Waals surface area (Å²) in [5.74, 6) is 0. The summed E-state index contributed by atoms with van der Waals surface area (Å²) in [5, 5.41) is 0.608. The lowest BCUT2D eigenvalue weighted by atomic mass is 10.1. The Balaban J connectivity index is 2.17. The zero-order valence-corrected chi connectivity index (χ0v) is 7.95. The van der Waals surface area contributed by atoms with Gasteiger partial charge in [-0.3, -0.25) is 4.84 Å². The van der Waals surface area contributed by atoms with Gasteiger partial charge in [0.05, 0.1) is 0 Å². The van der Waals surface area contributed by atoms with Gasteiger partial charge in [0.2, 0.25) is 0 Å². The summed E-state index contributed by atoms with van der Waals surface area (Å²) < 4.78 is 4.99. The molecule has 1 aliphatic rings. The molecule has 0 saturated carbocycles. The maximum atomic E-state index is 10.8. The highest BCUT2D eigenvalue weighted by Crippen LogP contribution is 2.22. The summed E-state index contributed by atoms with van der Waals surface area (Å²) in [4.78, 5) is 15.7. The molecule has 1 N–H and O–H groups in total. The normalized spacial score (nSPS) is 21.2. The summed E-state index contributed by atoms with van der Waals surface area (Å²) in [5.41, 5.74) is 2.93. The lowest BCUT2D eigenvalue weighted by Crippen LogP contribution is -2.35. The SMILES string of the molecule is O=C1NOCC(c2cccc(Cl)c2)O1. The van der Waals surface area contributed by atoms with E-state index in [2.05, 4.69) is 5.48 Å². The molecular formula is C9H8ClNO3. The van der Waals surface area contributed by atoms with Crippen molar-refractivity contribution >= 4 is 17.7 Å². The van der Waals surface area contributed by atoms with Gasteiger partial charge in [0.25, 0.3) is 0 Å². The van der Waals surface area contributed by atoms with E-state index in [9.17, 15) is 4.79 Å². The van der Waals surface area contributed by atoms with E-state index in [0.717, 1.165) is 5.56 Å². The van der Waals surface area contributed by atoms with Crippen LogP contribution in [-0.2, 0) is 9.57 Å². The molecule has 1 heterocycles. The number of benzene rings is 1. The Hall–Kier alpha value is -1.26. The Morgan fingerprint density at radius 3 is 3.07 bits per heavy atom. The van der Waals surface area contributed by atoms with Gasteiger partial charge in [-0.2, -0.15) is 5.48 Å². The largest absolute Gasteiger partial charge is 0.437 e. The van der Waals surface area contributed by atoms with Gasteiger partial charge in [0.1, 0.15) is 6.61 Å². The number of hydrogen-bond donors (Lipinski definition) is 1. The molecule has 1 amide bonds. The molecule has 1 aromatic carbocycles. The Labute approximate surface area is 85.7 Å². The molecule has 1 unspecified atom stereocenters. The van der Waals surface area contributed by atoms with Gasteiger partial charge in [0, 0.05) is 5.02 Å². The monoisotopic (exact) mass is 213 g/mol. The molecule has 0 spiro atoms. The van der Waals surface area contributed by atoms with E-state index >= 15 is 0 Å². The molecule has 0 aliphatic carbocycles. The quantitative estimate of drug-likeness (QED) is 0.777. The zero-order valence-electron chi connectivity index (χ0n) is 7.20. The number of hydroxylamine groups is 1. The first-order valence-corrected chi connectivity index (χ1v) is 4.47. The van der Waals surface area contributed by atoms with Crippen LogP contribution in [0.1, 0.15) is 11.7 Å². The first-order chi connectivity index (χ1) is 6.75. The minimum Gasteiger partial charge on any atom is -0.437 e. The van der Waals surface area contributed by atoms with E-state index in [1.807, 2.05) is 6.07 Å². The van der Waals surface area contributed by atoms with Crippen molar-refractivity contribution in [2.24, 2.45) is 0 Å². The van der Waals surface area contributed by atoms with Crippen molar-refractivity contribution in [3.63, 3.8) is 0 Å². The highest BCUT2D eigenvalue weighted by molar-refractivity contribution is 6.30. The fourth-order valence-corrected chi connectivity index (χ4v) is 1.43. The Kier molecular flexibility index (Phi) is 2.56. The van der Waals surface area contributed by atoms with Crippen LogP contribution in [0.4, 0.5) is 4.79 Å². The molecule has 4 nitrogen and oxygen atoms in total. The molecule has 2 rings (SSSR count). The number of cyclic esters (lactones) is 1. The minimum absolute atomic E-state index is 0.284. The van der Waals surface area contributed by atoms with E-state index in [0.29, 0.717) is 5.02 Å². The van der Waals surface area contributed by atoms with Gasteiger partial charge in [-0.25, -0.2) is 4.79 Å². The van der Waals surface area contributed by atoms with Crippen molar-refractivity contribution < 1.29 is 14.4 Å². The molecule has 74 valence electrons. The number of halogens is 1. The van der Waals surface area contributed by atoms with E-state index in [1.165, 1.54) is 0 Å². The summed E-state index contributed by atoms with van der Waals surface area (Å²) >= 11 is 5.80. The van der Waals surface area contributed by atoms with Crippen molar-refractivity contribution in [1.82, 2.24) is 5.48 Å². The minimum atomic E-state index is -0.582. The first-order valence-electron chi connectivity index (χ1n) is 4.09. The van der Waals surface area contributed by atoms with Crippen LogP contribution < -0.4 is 5.48 Å². The average Bonchev–Trinajstić information content (AvgIpc) is 2.18. The number of nitrogens with one attached hydrogen (secondary N) is 1. The standard InChI is InChI=1S/C9H8ClNO3/c10-7-3-1-2-6(4-7)8-5-13-11-9(12)14-8/h1-4,8H,5H2,(H,11,12). The van der Waals surface area contributed by atoms with Crippen LogP contribution >= 0.6 is 11.6 Å². The predicted octanol–water partition coefficient (Wildman–Crippen LogP) is 2.05. The van der Waals surface area contributed by atoms with E-state index in [-0.39, 0.29) is 12.7 Å². The van der Waals surface area contributed by atoms with Crippen molar-refractivity contribution in [2.75, 3.05) is 6.61 Å². The fourth-order valence-electron chi connectivity index (χ4n) is 1.23. The van der Waals surface area contributed by atoms with Gasteiger partial charge in [0.15, 0.2) is 6.10 Å². The van der Waals surface area contributed by atoms with Crippen LogP contribution in [0.3, 0.4) is 0 Å². The van der Waals surface area contributed by atoms with Crippen LogP contribution in [0.15, 0.2) is 24.3 Å². The highest BCUT2D eigenvalue weighted by Gasteiger charge is 2.22. The second-order valence-corrected chi connectivity index (χ2v) is 3.30. The second kappa shape index (κ2) is 3.86. The van der Waals surface area contributed by atoms with Crippen molar-refractivity contribution in [2.45, 2.75) is 6.10 Å². The number of carbonyl (C=O) groups excluding carboxylic acids is 1. The smallest absolute Gasteiger partial charge is 0.432 e. The summed E-state index contributed by atoms with van der Waals surface area (Å²) in [6, 6.07) is 7.13. The average molecular weight is 214 g/mol. The van der Waals surface area contributed by atoms with E-state index in [1.54, 1.807) is 18.2 Å². The molecule has 5 heteroatoms. The Bertz CT molecular complexity index is 356. The van der Waals surface area contributed by atoms with Crippen molar-refractivity contribution in [1.29, 1.82) is 0 Å². The van der Waals surface area contributed by atoms with E-state index < -0.39 is 6.09 Å². The molecule has 1 aromatic rings. The van der Waals surface area contributed by atoms with E-state index in [4.69, 9.17) is 21.2 Å². The lowest BCUT2D eigenvalue weighted by Gasteiger charge is -2.22. The molecule has 0 aromatic heterocycles. The topological polar surface area (TPSA) is 47.6 Å². The van der Waals surface area contributed by atoms with Crippen LogP contribution in [0.25, 0.3) is 0 Å². The van der Waals surface area contributed by atoms with Gasteiger partial charge >= 0.3 is 6.09 Å². The fraction of sp³-hybridized carbons (Fsp3) is 0.222. The molecule has 14 heavy (non-hydrogen) atoms. The number of amides is 1. The molecular weight excluding hydrogens is 206 g/mol. The van der Waals surface area contributed by atoms with Crippen LogP contribution in [0.5, 0.6) is 0 Å². The molecule has 1 atom stereocenters. The number of ether oxygens (including phenoxy) is 1. The Morgan fingerprint density at radius 2 is 2.36 bits per heavy atom. The van der Waals surface area contributed by atoms with Crippen LogP contribution in [-0.4, -0.2) is 12.7 Å². The molecule has 1 saturated heterocycles. The van der Waals surface area contributed by atoms with Gasteiger partial charge in [-0.1, -0.05) is 23.7 Å². The number of rotatable bonds is 1. The zero-order chi connectivity index (χ0) is 9.97. The first kappa shape index (κ1) is 9.30. The van der Waals surface area contributed by atoms with Gasteiger partial charge in [-0.15, -0.1) is 0 Å². The molecule has 1 aliphatic heterocycles. The number of carbonyl (C=O) groups is 1.